The molecule has 0 spiro atoms. The van der Waals surface area contributed by atoms with Gasteiger partial charge in [-0.1, -0.05) is 29.3 Å². The Hall–Kier alpha value is -0.350. The van der Waals surface area contributed by atoms with Crippen LogP contribution in [0.5, 0.6) is 0 Å². The Morgan fingerprint density at radius 1 is 1.44 bits per heavy atom. The zero-order valence-corrected chi connectivity index (χ0v) is 10.3. The largest absolute Gasteiger partial charge is 0.381 e. The number of rotatable bonds is 4. The maximum absolute atomic E-state index is 5.92. The normalized spacial score (nSPS) is 20.2. The molecule has 0 N–H and O–H groups in total. The predicted octanol–water partition coefficient (Wildman–Crippen LogP) is 2.94. The second-order valence-corrected chi connectivity index (χ2v) is 4.57. The van der Waals surface area contributed by atoms with Crippen LogP contribution in [0.1, 0.15) is 12.0 Å². The van der Waals surface area contributed by atoms with Gasteiger partial charge in [-0.2, -0.15) is 0 Å². The van der Waals surface area contributed by atoms with Crippen LogP contribution in [0.3, 0.4) is 0 Å². The minimum Gasteiger partial charge on any atom is -0.381 e. The zero-order chi connectivity index (χ0) is 11.4. The molecule has 1 aliphatic heterocycles. The van der Waals surface area contributed by atoms with Crippen molar-refractivity contribution in [2.24, 2.45) is 5.92 Å². The van der Waals surface area contributed by atoms with Crippen LogP contribution >= 0.6 is 23.2 Å². The van der Waals surface area contributed by atoms with E-state index in [1.165, 1.54) is 0 Å². The lowest BCUT2D eigenvalue weighted by atomic mass is 10.1. The van der Waals surface area contributed by atoms with Crippen LogP contribution in [0, 0.1) is 5.92 Å². The summed E-state index contributed by atoms with van der Waals surface area (Å²) in [6.07, 6.45) is 1.08. The molecule has 0 amide bonds. The highest BCUT2D eigenvalue weighted by Gasteiger charge is 2.15. The fourth-order valence-electron chi connectivity index (χ4n) is 1.60. The van der Waals surface area contributed by atoms with E-state index in [1.807, 2.05) is 6.07 Å². The van der Waals surface area contributed by atoms with Crippen molar-refractivity contribution in [3.8, 4) is 0 Å². The lowest BCUT2D eigenvalue weighted by Gasteiger charge is -2.09. The van der Waals surface area contributed by atoms with Gasteiger partial charge in [0.25, 0.3) is 0 Å². The quantitative estimate of drug-likeness (QED) is 0.782. The van der Waals surface area contributed by atoms with Crippen LogP contribution in [-0.2, 0) is 16.1 Å². The summed E-state index contributed by atoms with van der Waals surface area (Å²) in [5.74, 6) is 0.513. The summed E-state index contributed by atoms with van der Waals surface area (Å²) in [6.45, 7) is 2.82. The number of ether oxygens (including phenoxy) is 2. The van der Waals surface area contributed by atoms with Gasteiger partial charge in [0.1, 0.15) is 10.3 Å². The van der Waals surface area contributed by atoms with Crippen molar-refractivity contribution in [3.05, 3.63) is 28.0 Å². The summed E-state index contributed by atoms with van der Waals surface area (Å²) in [7, 11) is 0. The van der Waals surface area contributed by atoms with E-state index in [2.05, 4.69) is 4.98 Å². The van der Waals surface area contributed by atoms with Gasteiger partial charge in [-0.3, -0.25) is 0 Å². The van der Waals surface area contributed by atoms with Gasteiger partial charge in [-0.15, -0.1) is 0 Å². The second kappa shape index (κ2) is 5.82. The molecule has 0 aliphatic carbocycles. The van der Waals surface area contributed by atoms with Gasteiger partial charge in [0.05, 0.1) is 19.8 Å². The number of pyridine rings is 1. The molecule has 1 aromatic rings. The lowest BCUT2D eigenvalue weighted by molar-refractivity contribution is 0.0790. The fraction of sp³-hybridized carbons (Fsp3) is 0.545. The summed E-state index contributed by atoms with van der Waals surface area (Å²) in [5, 5.41) is 0.813. The molecule has 0 aromatic carbocycles. The molecule has 1 atom stereocenters. The maximum atomic E-state index is 5.92. The Bertz CT molecular complexity index is 354. The first-order valence-electron chi connectivity index (χ1n) is 5.22. The van der Waals surface area contributed by atoms with E-state index >= 15 is 0 Å². The number of nitrogens with zero attached hydrogens (tertiary/aromatic N) is 1. The van der Waals surface area contributed by atoms with Gasteiger partial charge in [0.15, 0.2) is 0 Å². The third-order valence-corrected chi connectivity index (χ3v) is 3.06. The molecule has 88 valence electrons. The third-order valence-electron chi connectivity index (χ3n) is 2.53. The first kappa shape index (κ1) is 12.1. The van der Waals surface area contributed by atoms with Gasteiger partial charge in [-0.25, -0.2) is 4.98 Å². The SMILES string of the molecule is Clc1ccc(COCC2CCOC2)c(Cl)n1. The lowest BCUT2D eigenvalue weighted by Crippen LogP contribution is -2.09. The van der Waals surface area contributed by atoms with Crippen LogP contribution < -0.4 is 0 Å². The summed E-state index contributed by atoms with van der Waals surface area (Å²) in [5.41, 5.74) is 0.866. The minimum atomic E-state index is 0.401. The smallest absolute Gasteiger partial charge is 0.136 e. The fourth-order valence-corrected chi connectivity index (χ4v) is 2.00. The number of aromatic nitrogens is 1. The van der Waals surface area contributed by atoms with Gasteiger partial charge < -0.3 is 9.47 Å². The van der Waals surface area contributed by atoms with Gasteiger partial charge in [0, 0.05) is 18.1 Å². The van der Waals surface area contributed by atoms with Crippen LogP contribution in [0.15, 0.2) is 12.1 Å². The summed E-state index contributed by atoms with van der Waals surface area (Å²) >= 11 is 11.6. The van der Waals surface area contributed by atoms with Crippen LogP contribution in [0.2, 0.25) is 10.3 Å². The Kier molecular flexibility index (Phi) is 4.41. The highest BCUT2D eigenvalue weighted by Crippen LogP contribution is 2.18. The van der Waals surface area contributed by atoms with E-state index in [4.69, 9.17) is 32.7 Å². The average molecular weight is 262 g/mol. The van der Waals surface area contributed by atoms with Crippen molar-refractivity contribution in [2.75, 3.05) is 19.8 Å². The Morgan fingerprint density at radius 3 is 3.00 bits per heavy atom. The predicted molar refractivity (Wildman–Crippen MR) is 62.8 cm³/mol. The highest BCUT2D eigenvalue weighted by atomic mass is 35.5. The summed E-state index contributed by atoms with van der Waals surface area (Å²) in [4.78, 5) is 3.95. The van der Waals surface area contributed by atoms with Crippen molar-refractivity contribution in [2.45, 2.75) is 13.0 Å². The standard InChI is InChI=1S/C11H13Cl2NO2/c12-10-2-1-9(11(13)14-10)7-16-6-8-3-4-15-5-8/h1-2,8H,3-7H2. The molecule has 16 heavy (non-hydrogen) atoms. The molecule has 1 aromatic heterocycles. The molecule has 5 heteroatoms. The van der Waals surface area contributed by atoms with E-state index in [-0.39, 0.29) is 0 Å². The van der Waals surface area contributed by atoms with Crippen molar-refractivity contribution in [1.82, 2.24) is 4.98 Å². The molecule has 0 saturated carbocycles. The Labute approximate surface area is 105 Å². The van der Waals surface area contributed by atoms with Crippen LogP contribution in [0.4, 0.5) is 0 Å². The molecule has 1 unspecified atom stereocenters. The van der Waals surface area contributed by atoms with Crippen molar-refractivity contribution in [1.29, 1.82) is 0 Å². The first-order valence-corrected chi connectivity index (χ1v) is 5.97. The number of halogens is 2. The minimum absolute atomic E-state index is 0.401. The molecule has 3 nitrogen and oxygen atoms in total. The van der Waals surface area contributed by atoms with E-state index < -0.39 is 0 Å². The molecule has 1 aliphatic rings. The highest BCUT2D eigenvalue weighted by molar-refractivity contribution is 6.32. The molecule has 0 bridgehead atoms. The van der Waals surface area contributed by atoms with Crippen molar-refractivity contribution in [3.63, 3.8) is 0 Å². The van der Waals surface area contributed by atoms with Crippen LogP contribution in [-0.4, -0.2) is 24.8 Å². The molecule has 0 radical (unpaired) electrons. The monoisotopic (exact) mass is 261 g/mol. The maximum Gasteiger partial charge on any atom is 0.136 e. The number of hydrogen-bond acceptors (Lipinski definition) is 3. The molecule has 2 rings (SSSR count). The summed E-state index contributed by atoms with van der Waals surface area (Å²) in [6, 6.07) is 3.55. The molecule has 1 saturated heterocycles. The van der Waals surface area contributed by atoms with E-state index in [1.54, 1.807) is 6.07 Å². The van der Waals surface area contributed by atoms with E-state index in [0.717, 1.165) is 25.2 Å². The van der Waals surface area contributed by atoms with Crippen LogP contribution in [0.25, 0.3) is 0 Å². The van der Waals surface area contributed by atoms with Gasteiger partial charge >= 0.3 is 0 Å². The molecule has 1 fully saturated rings. The molecular weight excluding hydrogens is 249 g/mol. The Balaban J connectivity index is 1.80. The van der Waals surface area contributed by atoms with E-state index in [9.17, 15) is 0 Å². The molecule has 2 heterocycles. The first-order chi connectivity index (χ1) is 7.75. The number of hydrogen-bond donors (Lipinski definition) is 0. The van der Waals surface area contributed by atoms with Gasteiger partial charge in [-0.05, 0) is 12.5 Å². The molecular formula is C11H13Cl2NO2. The Morgan fingerprint density at radius 2 is 2.31 bits per heavy atom. The topological polar surface area (TPSA) is 31.4 Å². The third kappa shape index (κ3) is 3.32. The van der Waals surface area contributed by atoms with Gasteiger partial charge in [0.2, 0.25) is 0 Å². The summed E-state index contributed by atoms with van der Waals surface area (Å²) < 4.78 is 10.8. The van der Waals surface area contributed by atoms with Crippen molar-refractivity contribution < 1.29 is 9.47 Å². The zero-order valence-electron chi connectivity index (χ0n) is 8.79. The van der Waals surface area contributed by atoms with Crippen molar-refractivity contribution >= 4 is 23.2 Å². The van der Waals surface area contributed by atoms with E-state index in [0.29, 0.717) is 29.4 Å². The second-order valence-electron chi connectivity index (χ2n) is 3.83. The average Bonchev–Trinajstić information content (AvgIpc) is 2.74.